The van der Waals surface area contributed by atoms with Crippen LogP contribution in [0.25, 0.3) is 0 Å². The predicted octanol–water partition coefficient (Wildman–Crippen LogP) is 1.91. The average molecular weight is 158 g/mol. The number of nitrogen functional groups attached to an aromatic ring is 1. The number of nitrogens with zero attached hydrogens (tertiary/aromatic N) is 1. The topological polar surface area (TPSA) is 38.9 Å². The molecule has 0 amide bonds. The highest BCUT2D eigenvalue weighted by Gasteiger charge is 2.14. The van der Waals surface area contributed by atoms with Gasteiger partial charge in [0.1, 0.15) is 5.82 Å². The summed E-state index contributed by atoms with van der Waals surface area (Å²) in [6.07, 6.45) is -1.13. The third-order valence-corrected chi connectivity index (χ3v) is 1.46. The van der Waals surface area contributed by atoms with Crippen LogP contribution in [-0.4, -0.2) is 4.98 Å². The standard InChI is InChI=1S/C7H8F2N2/c1-4-2-3-11-7(10)5(4)6(8)9/h2-3,6H,1H3,(H2,10,11). The van der Waals surface area contributed by atoms with Crippen LogP contribution in [0.3, 0.4) is 0 Å². The lowest BCUT2D eigenvalue weighted by molar-refractivity contribution is 0.151. The van der Waals surface area contributed by atoms with E-state index in [0.717, 1.165) is 0 Å². The maximum atomic E-state index is 12.2. The lowest BCUT2D eigenvalue weighted by Crippen LogP contribution is -1.99. The minimum absolute atomic E-state index is 0.0833. The predicted molar refractivity (Wildman–Crippen MR) is 38.3 cm³/mol. The number of aryl methyl sites for hydroxylation is 1. The van der Waals surface area contributed by atoms with Crippen molar-refractivity contribution in [3.05, 3.63) is 23.4 Å². The Morgan fingerprint density at radius 2 is 2.18 bits per heavy atom. The molecule has 0 fully saturated rings. The van der Waals surface area contributed by atoms with Crippen molar-refractivity contribution < 1.29 is 8.78 Å². The van der Waals surface area contributed by atoms with Gasteiger partial charge in [0.05, 0.1) is 5.56 Å². The van der Waals surface area contributed by atoms with Crippen molar-refractivity contribution in [2.24, 2.45) is 0 Å². The summed E-state index contributed by atoms with van der Waals surface area (Å²) in [6, 6.07) is 1.51. The normalized spacial score (nSPS) is 10.5. The van der Waals surface area contributed by atoms with Crippen molar-refractivity contribution >= 4 is 5.82 Å². The molecule has 0 aromatic carbocycles. The van der Waals surface area contributed by atoms with Gasteiger partial charge in [-0.3, -0.25) is 0 Å². The van der Waals surface area contributed by atoms with Gasteiger partial charge < -0.3 is 5.73 Å². The molecule has 2 nitrogen and oxygen atoms in total. The molecule has 0 unspecified atom stereocenters. The van der Waals surface area contributed by atoms with Crippen LogP contribution in [-0.2, 0) is 0 Å². The Labute approximate surface area is 63.1 Å². The van der Waals surface area contributed by atoms with Gasteiger partial charge in [0, 0.05) is 6.20 Å². The second-order valence-electron chi connectivity index (χ2n) is 2.23. The second-order valence-corrected chi connectivity index (χ2v) is 2.23. The van der Waals surface area contributed by atoms with Crippen LogP contribution in [0.5, 0.6) is 0 Å². The molecule has 0 radical (unpaired) electrons. The van der Waals surface area contributed by atoms with Gasteiger partial charge in [-0.25, -0.2) is 13.8 Å². The third kappa shape index (κ3) is 1.45. The van der Waals surface area contributed by atoms with Crippen molar-refractivity contribution in [2.75, 3.05) is 5.73 Å². The SMILES string of the molecule is Cc1ccnc(N)c1C(F)F. The molecule has 1 rings (SSSR count). The number of rotatable bonds is 1. The van der Waals surface area contributed by atoms with Crippen LogP contribution < -0.4 is 5.73 Å². The first-order valence-electron chi connectivity index (χ1n) is 3.12. The Balaban J connectivity index is 3.21. The van der Waals surface area contributed by atoms with Crippen molar-refractivity contribution in [1.82, 2.24) is 4.98 Å². The molecular weight excluding hydrogens is 150 g/mol. The first kappa shape index (κ1) is 7.91. The maximum Gasteiger partial charge on any atom is 0.267 e. The number of halogens is 2. The smallest absolute Gasteiger partial charge is 0.267 e. The number of hydrogen-bond donors (Lipinski definition) is 1. The van der Waals surface area contributed by atoms with E-state index < -0.39 is 6.43 Å². The Morgan fingerprint density at radius 1 is 1.55 bits per heavy atom. The molecule has 1 aromatic heterocycles. The summed E-state index contributed by atoms with van der Waals surface area (Å²) in [7, 11) is 0. The van der Waals surface area contributed by atoms with Gasteiger partial charge in [-0.2, -0.15) is 0 Å². The average Bonchev–Trinajstić information content (AvgIpc) is 1.85. The van der Waals surface area contributed by atoms with E-state index >= 15 is 0 Å². The van der Waals surface area contributed by atoms with Gasteiger partial charge in [-0.1, -0.05) is 0 Å². The molecule has 0 atom stereocenters. The van der Waals surface area contributed by atoms with E-state index in [0.29, 0.717) is 5.56 Å². The zero-order chi connectivity index (χ0) is 8.43. The molecule has 0 saturated heterocycles. The quantitative estimate of drug-likeness (QED) is 0.678. The first-order chi connectivity index (χ1) is 5.13. The maximum absolute atomic E-state index is 12.2. The van der Waals surface area contributed by atoms with Crippen molar-refractivity contribution in [1.29, 1.82) is 0 Å². The number of hydrogen-bond acceptors (Lipinski definition) is 2. The van der Waals surface area contributed by atoms with E-state index in [-0.39, 0.29) is 11.4 Å². The fourth-order valence-corrected chi connectivity index (χ4v) is 0.875. The molecule has 1 heterocycles. The zero-order valence-electron chi connectivity index (χ0n) is 6.01. The summed E-state index contributed by atoms with van der Waals surface area (Å²) in [5.74, 6) is -0.0833. The fraction of sp³-hybridized carbons (Fsp3) is 0.286. The van der Waals surface area contributed by atoms with Crippen LogP contribution in [0.2, 0.25) is 0 Å². The summed E-state index contributed by atoms with van der Waals surface area (Å²) in [5, 5.41) is 0. The van der Waals surface area contributed by atoms with Crippen LogP contribution in [0.1, 0.15) is 17.6 Å². The monoisotopic (exact) mass is 158 g/mol. The van der Waals surface area contributed by atoms with Crippen LogP contribution >= 0.6 is 0 Å². The lowest BCUT2D eigenvalue weighted by atomic mass is 10.1. The molecule has 0 saturated carbocycles. The minimum Gasteiger partial charge on any atom is -0.383 e. The van der Waals surface area contributed by atoms with Gasteiger partial charge in [-0.15, -0.1) is 0 Å². The summed E-state index contributed by atoms with van der Waals surface area (Å²) >= 11 is 0. The van der Waals surface area contributed by atoms with Crippen LogP contribution in [0.4, 0.5) is 14.6 Å². The van der Waals surface area contributed by atoms with Crippen LogP contribution in [0, 0.1) is 6.92 Å². The van der Waals surface area contributed by atoms with Crippen molar-refractivity contribution in [3.63, 3.8) is 0 Å². The van der Waals surface area contributed by atoms with E-state index in [9.17, 15) is 8.78 Å². The van der Waals surface area contributed by atoms with Gasteiger partial charge in [0.2, 0.25) is 0 Å². The van der Waals surface area contributed by atoms with E-state index in [2.05, 4.69) is 4.98 Å². The molecule has 2 N–H and O–H groups in total. The molecular formula is C7H8F2N2. The summed E-state index contributed by atoms with van der Waals surface area (Å²) < 4.78 is 24.3. The molecule has 0 aliphatic rings. The second kappa shape index (κ2) is 2.82. The largest absolute Gasteiger partial charge is 0.383 e. The number of nitrogens with two attached hydrogens (primary N) is 1. The summed E-state index contributed by atoms with van der Waals surface area (Å²) in [4.78, 5) is 3.56. The Morgan fingerprint density at radius 3 is 2.55 bits per heavy atom. The van der Waals surface area contributed by atoms with E-state index in [1.807, 2.05) is 0 Å². The fourth-order valence-electron chi connectivity index (χ4n) is 0.875. The van der Waals surface area contributed by atoms with Crippen LogP contribution in [0.15, 0.2) is 12.3 Å². The van der Waals surface area contributed by atoms with Gasteiger partial charge in [0.25, 0.3) is 6.43 Å². The molecule has 0 spiro atoms. The van der Waals surface area contributed by atoms with Crippen molar-refractivity contribution in [3.8, 4) is 0 Å². The molecule has 0 aliphatic carbocycles. The minimum atomic E-state index is -2.54. The third-order valence-electron chi connectivity index (χ3n) is 1.46. The van der Waals surface area contributed by atoms with E-state index in [4.69, 9.17) is 5.73 Å². The van der Waals surface area contributed by atoms with Gasteiger partial charge >= 0.3 is 0 Å². The molecule has 4 heteroatoms. The highest BCUT2D eigenvalue weighted by molar-refractivity contribution is 5.44. The Kier molecular flexibility index (Phi) is 2.03. The highest BCUT2D eigenvalue weighted by atomic mass is 19.3. The summed E-state index contributed by atoms with van der Waals surface area (Å²) in [5.41, 5.74) is 5.55. The summed E-state index contributed by atoms with van der Waals surface area (Å²) in [6.45, 7) is 1.58. The van der Waals surface area contributed by atoms with Gasteiger partial charge in [0.15, 0.2) is 0 Å². The zero-order valence-corrected chi connectivity index (χ0v) is 6.01. The lowest BCUT2D eigenvalue weighted by Gasteiger charge is -2.05. The molecule has 0 aliphatic heterocycles. The van der Waals surface area contributed by atoms with Crippen molar-refractivity contribution in [2.45, 2.75) is 13.3 Å². The molecule has 60 valence electrons. The number of anilines is 1. The molecule has 0 bridgehead atoms. The van der Waals surface area contributed by atoms with E-state index in [1.165, 1.54) is 12.3 Å². The first-order valence-corrected chi connectivity index (χ1v) is 3.12. The van der Waals surface area contributed by atoms with E-state index in [1.54, 1.807) is 6.92 Å². The molecule has 11 heavy (non-hydrogen) atoms. The molecule has 1 aromatic rings. The number of pyridine rings is 1. The highest BCUT2D eigenvalue weighted by Crippen LogP contribution is 2.25. The Hall–Kier alpha value is -1.19. The number of alkyl halides is 2. The number of aromatic nitrogens is 1. The Bertz CT molecular complexity index is 240. The van der Waals surface area contributed by atoms with Gasteiger partial charge in [-0.05, 0) is 18.6 Å².